The molecule has 0 radical (unpaired) electrons. The molecule has 1 aliphatic heterocycles. The number of rotatable bonds is 6. The van der Waals surface area contributed by atoms with E-state index in [2.05, 4.69) is 16.0 Å². The van der Waals surface area contributed by atoms with E-state index in [4.69, 9.17) is 0 Å². The van der Waals surface area contributed by atoms with Crippen LogP contribution in [0.1, 0.15) is 17.5 Å². The maximum Gasteiger partial charge on any atom is 0.211 e. The Morgan fingerprint density at radius 3 is 2.42 bits per heavy atom. The Morgan fingerprint density at radius 1 is 1.13 bits per heavy atom. The molecule has 0 bridgehead atoms. The summed E-state index contributed by atoms with van der Waals surface area (Å²) < 4.78 is 55.6. The molecule has 0 amide bonds. The summed E-state index contributed by atoms with van der Waals surface area (Å²) in [5.74, 6) is -0.262. The molecule has 0 atom stereocenters. The lowest BCUT2D eigenvalue weighted by atomic mass is 10.1. The predicted molar refractivity (Wildman–Crippen MR) is 143 cm³/mol. The molecular weight excluding hydrogens is 532 g/mol. The first-order valence-corrected chi connectivity index (χ1v) is 14.6. The molecule has 3 aromatic heterocycles. The molecule has 0 unspecified atom stereocenters. The molecule has 0 saturated carbocycles. The Bertz CT molecular complexity index is 1650. The number of nitriles is 1. The molecule has 4 heterocycles. The molecule has 0 spiro atoms. The maximum absolute atomic E-state index is 15.3. The minimum absolute atomic E-state index is 0.165. The number of imidazole rings is 1. The summed E-state index contributed by atoms with van der Waals surface area (Å²) in [6, 6.07) is 9.38. The van der Waals surface area contributed by atoms with Gasteiger partial charge in [-0.2, -0.15) is 9.57 Å². The fraction of sp³-hybridized carbons (Fsp3) is 0.320. The van der Waals surface area contributed by atoms with Crippen molar-refractivity contribution in [3.05, 3.63) is 58.7 Å². The van der Waals surface area contributed by atoms with Gasteiger partial charge in [-0.1, -0.05) is 18.3 Å². The number of aryl methyl sites for hydroxylation is 1. The van der Waals surface area contributed by atoms with Crippen LogP contribution in [-0.4, -0.2) is 66.6 Å². The van der Waals surface area contributed by atoms with Gasteiger partial charge in [-0.25, -0.2) is 27.2 Å². The Balaban J connectivity index is 1.55. The van der Waals surface area contributed by atoms with Gasteiger partial charge in [0.05, 0.1) is 17.6 Å². The molecule has 198 valence electrons. The topological polar surface area (TPSA) is 97.8 Å². The van der Waals surface area contributed by atoms with Crippen molar-refractivity contribution < 1.29 is 17.2 Å². The summed E-state index contributed by atoms with van der Waals surface area (Å²) in [7, 11) is -1.50. The van der Waals surface area contributed by atoms with Crippen molar-refractivity contribution in [1.29, 1.82) is 5.26 Å². The Kier molecular flexibility index (Phi) is 6.81. The Hall–Kier alpha value is -3.60. The summed E-state index contributed by atoms with van der Waals surface area (Å²) in [6.07, 6.45) is 3.52. The molecule has 0 N–H and O–H groups in total. The largest absolute Gasteiger partial charge is 0.368 e. The number of anilines is 3. The van der Waals surface area contributed by atoms with Crippen LogP contribution in [0.5, 0.6) is 0 Å². The Labute approximate surface area is 223 Å². The molecule has 1 aromatic carbocycles. The number of fused-ring (bicyclic) bond motifs is 1. The van der Waals surface area contributed by atoms with Crippen LogP contribution in [-0.2, 0) is 16.4 Å². The van der Waals surface area contributed by atoms with Crippen molar-refractivity contribution in [2.45, 2.75) is 13.3 Å². The number of pyridine rings is 1. The number of halogens is 2. The predicted octanol–water partition coefficient (Wildman–Crippen LogP) is 4.02. The van der Waals surface area contributed by atoms with Crippen LogP contribution in [0.4, 0.5) is 25.4 Å². The molecule has 5 rings (SSSR count). The van der Waals surface area contributed by atoms with E-state index in [0.717, 1.165) is 0 Å². The normalized spacial score (nSPS) is 14.7. The summed E-state index contributed by atoms with van der Waals surface area (Å²) in [4.78, 5) is 13.3. The third-order valence-electron chi connectivity index (χ3n) is 6.55. The zero-order chi connectivity index (χ0) is 27.2. The number of hydrogen-bond donors (Lipinski definition) is 0. The summed E-state index contributed by atoms with van der Waals surface area (Å²) in [6.45, 7) is 3.42. The molecule has 9 nitrogen and oxygen atoms in total. The SMILES string of the molecule is CCc1nc2c(F)cc(N3CCN(S(C)(=O)=O)CC3)cn2c1N(C)c1nc(-c2ccc(F)cc2)c(C#N)s1. The van der Waals surface area contributed by atoms with Crippen molar-refractivity contribution in [2.24, 2.45) is 0 Å². The van der Waals surface area contributed by atoms with E-state index in [1.54, 1.807) is 34.7 Å². The second-order valence-corrected chi connectivity index (χ2v) is 11.9. The first kappa shape index (κ1) is 26.0. The number of sulfonamides is 1. The highest BCUT2D eigenvalue weighted by molar-refractivity contribution is 7.88. The van der Waals surface area contributed by atoms with Gasteiger partial charge in [-0.05, 0) is 30.7 Å². The molecule has 1 fully saturated rings. The smallest absolute Gasteiger partial charge is 0.211 e. The van der Waals surface area contributed by atoms with Crippen molar-refractivity contribution in [3.63, 3.8) is 0 Å². The quantitative estimate of drug-likeness (QED) is 0.353. The summed E-state index contributed by atoms with van der Waals surface area (Å²) in [5, 5.41) is 10.2. The monoisotopic (exact) mass is 557 g/mol. The maximum atomic E-state index is 15.3. The number of benzene rings is 1. The highest BCUT2D eigenvalue weighted by Crippen LogP contribution is 2.37. The van der Waals surface area contributed by atoms with Gasteiger partial charge in [-0.3, -0.25) is 4.40 Å². The zero-order valence-corrected chi connectivity index (χ0v) is 22.7. The van der Waals surface area contributed by atoms with E-state index < -0.39 is 15.8 Å². The van der Waals surface area contributed by atoms with Crippen LogP contribution in [0.2, 0.25) is 0 Å². The number of aromatic nitrogens is 3. The van der Waals surface area contributed by atoms with E-state index in [1.807, 2.05) is 11.8 Å². The molecule has 1 aliphatic rings. The Morgan fingerprint density at radius 2 is 1.82 bits per heavy atom. The first-order valence-electron chi connectivity index (χ1n) is 11.9. The van der Waals surface area contributed by atoms with E-state index in [1.165, 1.54) is 40.1 Å². The zero-order valence-electron chi connectivity index (χ0n) is 21.0. The minimum Gasteiger partial charge on any atom is -0.368 e. The molecule has 4 aromatic rings. The van der Waals surface area contributed by atoms with Gasteiger partial charge in [0.25, 0.3) is 0 Å². The lowest BCUT2D eigenvalue weighted by molar-refractivity contribution is 0.387. The number of hydrogen-bond acceptors (Lipinski definition) is 8. The highest BCUT2D eigenvalue weighted by Gasteiger charge is 2.27. The second-order valence-electron chi connectivity index (χ2n) is 8.98. The van der Waals surface area contributed by atoms with Gasteiger partial charge in [-0.15, -0.1) is 0 Å². The van der Waals surface area contributed by atoms with Crippen molar-refractivity contribution >= 4 is 43.6 Å². The van der Waals surface area contributed by atoms with Gasteiger partial charge in [0.1, 0.15) is 28.3 Å². The minimum atomic E-state index is -3.29. The van der Waals surface area contributed by atoms with Gasteiger partial charge < -0.3 is 9.80 Å². The van der Waals surface area contributed by atoms with Gasteiger partial charge in [0.2, 0.25) is 10.0 Å². The molecule has 38 heavy (non-hydrogen) atoms. The summed E-state index contributed by atoms with van der Waals surface area (Å²) in [5.41, 5.74) is 2.50. The summed E-state index contributed by atoms with van der Waals surface area (Å²) >= 11 is 1.18. The average molecular weight is 558 g/mol. The molecule has 0 aliphatic carbocycles. The fourth-order valence-electron chi connectivity index (χ4n) is 4.59. The van der Waals surface area contributed by atoms with Crippen LogP contribution < -0.4 is 9.80 Å². The average Bonchev–Trinajstić information content (AvgIpc) is 3.50. The van der Waals surface area contributed by atoms with Crippen LogP contribution >= 0.6 is 11.3 Å². The molecule has 1 saturated heterocycles. The third kappa shape index (κ3) is 4.70. The second kappa shape index (κ2) is 9.94. The van der Waals surface area contributed by atoms with E-state index in [9.17, 15) is 18.1 Å². The van der Waals surface area contributed by atoms with Gasteiger partial charge in [0, 0.05) is 51.1 Å². The van der Waals surface area contributed by atoms with E-state index in [-0.39, 0.29) is 11.5 Å². The van der Waals surface area contributed by atoms with Crippen LogP contribution in [0.25, 0.3) is 16.9 Å². The highest BCUT2D eigenvalue weighted by atomic mass is 32.2. The first-order chi connectivity index (χ1) is 18.1. The standard InChI is InChI=1S/C25H25F2N7O2S2/c1-4-20-24(31(2)25-30-22(21(14-28)37-25)16-5-7-17(26)8-6-16)34-15-18(13-19(27)23(34)29-20)32-9-11-33(12-10-32)38(3,35)36/h5-8,13,15H,4,9-12H2,1-3H3. The van der Waals surface area contributed by atoms with Crippen molar-refractivity contribution in [1.82, 2.24) is 18.7 Å². The van der Waals surface area contributed by atoms with Crippen LogP contribution in [0.15, 0.2) is 36.5 Å². The van der Waals surface area contributed by atoms with Gasteiger partial charge >= 0.3 is 0 Å². The van der Waals surface area contributed by atoms with Gasteiger partial charge in [0.15, 0.2) is 16.6 Å². The number of piperazine rings is 1. The third-order valence-corrected chi connectivity index (χ3v) is 8.89. The van der Waals surface area contributed by atoms with E-state index in [0.29, 0.717) is 71.1 Å². The lowest BCUT2D eigenvalue weighted by Crippen LogP contribution is -2.48. The van der Waals surface area contributed by atoms with Crippen LogP contribution in [0.3, 0.4) is 0 Å². The van der Waals surface area contributed by atoms with E-state index >= 15 is 4.39 Å². The lowest BCUT2D eigenvalue weighted by Gasteiger charge is -2.34. The van der Waals surface area contributed by atoms with Crippen molar-refractivity contribution in [3.8, 4) is 17.3 Å². The molecular formula is C25H25F2N7O2S2. The number of nitrogens with zero attached hydrogens (tertiary/aromatic N) is 7. The van der Waals surface area contributed by atoms with Crippen molar-refractivity contribution in [2.75, 3.05) is 49.3 Å². The number of thiazole rings is 1. The molecule has 13 heteroatoms. The van der Waals surface area contributed by atoms with Crippen LogP contribution in [0, 0.1) is 23.0 Å². The fourth-order valence-corrected chi connectivity index (χ4v) is 6.27.